The van der Waals surface area contributed by atoms with E-state index in [-0.39, 0.29) is 5.54 Å². The molecule has 1 aromatic carbocycles. The molecular weight excluding hydrogens is 314 g/mol. The average Bonchev–Trinajstić information content (AvgIpc) is 2.52. The Balaban J connectivity index is 1.78. The van der Waals surface area contributed by atoms with Crippen LogP contribution in [0.5, 0.6) is 0 Å². The molecule has 0 spiro atoms. The van der Waals surface area contributed by atoms with E-state index < -0.39 is 5.97 Å². The number of esters is 1. The fourth-order valence-corrected chi connectivity index (χ4v) is 2.92. The topological polar surface area (TPSA) is 64.1 Å². The number of ether oxygens (including phenoxy) is 1. The van der Waals surface area contributed by atoms with E-state index in [2.05, 4.69) is 21.4 Å². The van der Waals surface area contributed by atoms with Crippen molar-refractivity contribution in [2.45, 2.75) is 31.7 Å². The number of nitrogens with zero attached hydrogens (tertiary/aromatic N) is 2. The zero-order chi connectivity index (χ0) is 16.3. The smallest absolute Gasteiger partial charge is 0.341 e. The molecule has 1 aromatic heterocycles. The largest absolute Gasteiger partial charge is 0.462 e. The first-order valence-electron chi connectivity index (χ1n) is 7.66. The molecule has 1 heterocycles. The number of aromatic nitrogens is 2. The summed E-state index contributed by atoms with van der Waals surface area (Å²) in [6, 6.07) is 7.85. The zero-order valence-electron chi connectivity index (χ0n) is 12.9. The lowest BCUT2D eigenvalue weighted by molar-refractivity contribution is 0.0525. The van der Waals surface area contributed by atoms with Gasteiger partial charge in [-0.1, -0.05) is 23.7 Å². The second-order valence-corrected chi connectivity index (χ2v) is 6.02. The number of carbonyl (C=O) groups excluding carboxylic acids is 1. The maximum Gasteiger partial charge on any atom is 0.341 e. The highest BCUT2D eigenvalue weighted by Crippen LogP contribution is 2.44. The molecule has 0 radical (unpaired) electrons. The fraction of sp³-hybridized carbons (Fsp3) is 0.353. The summed E-state index contributed by atoms with van der Waals surface area (Å²) in [5.41, 5.74) is 1.30. The Kier molecular flexibility index (Phi) is 4.48. The summed E-state index contributed by atoms with van der Waals surface area (Å²) < 4.78 is 4.93. The third-order valence-corrected chi connectivity index (χ3v) is 4.33. The van der Waals surface area contributed by atoms with Crippen LogP contribution >= 0.6 is 11.6 Å². The lowest BCUT2D eigenvalue weighted by Gasteiger charge is -2.43. The number of hydrogen-bond acceptors (Lipinski definition) is 5. The van der Waals surface area contributed by atoms with Gasteiger partial charge in [0, 0.05) is 17.4 Å². The van der Waals surface area contributed by atoms with Crippen LogP contribution in [0.15, 0.2) is 36.7 Å². The van der Waals surface area contributed by atoms with E-state index >= 15 is 0 Å². The van der Waals surface area contributed by atoms with Gasteiger partial charge in [-0.3, -0.25) is 0 Å². The number of benzene rings is 1. The molecule has 0 atom stereocenters. The normalized spacial score (nSPS) is 15.6. The molecule has 5 nitrogen and oxygen atoms in total. The monoisotopic (exact) mass is 331 g/mol. The molecule has 6 heteroatoms. The maximum atomic E-state index is 11.6. The van der Waals surface area contributed by atoms with Crippen LogP contribution in [0.3, 0.4) is 0 Å². The number of halogens is 1. The number of carbonyl (C=O) groups is 1. The Bertz CT molecular complexity index is 699. The third kappa shape index (κ3) is 3.29. The summed E-state index contributed by atoms with van der Waals surface area (Å²) in [5, 5.41) is 4.12. The van der Waals surface area contributed by atoms with Crippen molar-refractivity contribution in [3.63, 3.8) is 0 Å². The standard InChI is InChI=1S/C17H18ClN3O2/c1-2-23-15(22)12-10-19-16(20-11-12)21-17(7-4-8-17)13-5-3-6-14(18)9-13/h3,5-6,9-11H,2,4,7-8H2,1H3,(H,19,20,21). The van der Waals surface area contributed by atoms with Crippen molar-refractivity contribution in [3.8, 4) is 0 Å². The molecule has 23 heavy (non-hydrogen) atoms. The molecule has 3 rings (SSSR count). The van der Waals surface area contributed by atoms with Crippen molar-refractivity contribution < 1.29 is 9.53 Å². The van der Waals surface area contributed by atoms with Gasteiger partial charge in [-0.05, 0) is 43.9 Å². The quantitative estimate of drug-likeness (QED) is 0.844. The number of nitrogens with one attached hydrogen (secondary N) is 1. The summed E-state index contributed by atoms with van der Waals surface area (Å²) in [4.78, 5) is 20.1. The first kappa shape index (κ1) is 15.7. The lowest BCUT2D eigenvalue weighted by atomic mass is 9.72. The maximum absolute atomic E-state index is 11.6. The van der Waals surface area contributed by atoms with Gasteiger partial charge < -0.3 is 10.1 Å². The average molecular weight is 332 g/mol. The molecule has 0 aliphatic heterocycles. The van der Waals surface area contributed by atoms with Gasteiger partial charge in [-0.2, -0.15) is 0 Å². The van der Waals surface area contributed by atoms with Crippen molar-refractivity contribution in [2.24, 2.45) is 0 Å². The Morgan fingerprint density at radius 3 is 2.65 bits per heavy atom. The van der Waals surface area contributed by atoms with Gasteiger partial charge in [0.25, 0.3) is 0 Å². The summed E-state index contributed by atoms with van der Waals surface area (Å²) in [7, 11) is 0. The molecule has 1 fully saturated rings. The van der Waals surface area contributed by atoms with E-state index in [0.717, 1.165) is 24.8 Å². The number of rotatable bonds is 5. The molecule has 2 aromatic rings. The van der Waals surface area contributed by atoms with E-state index in [9.17, 15) is 4.79 Å². The highest BCUT2D eigenvalue weighted by atomic mass is 35.5. The molecule has 1 aliphatic carbocycles. The molecule has 0 saturated heterocycles. The number of anilines is 1. The van der Waals surface area contributed by atoms with E-state index in [0.29, 0.717) is 23.1 Å². The highest BCUT2D eigenvalue weighted by Gasteiger charge is 2.39. The molecule has 0 amide bonds. The minimum atomic E-state index is -0.410. The van der Waals surface area contributed by atoms with Gasteiger partial charge in [0.05, 0.1) is 17.7 Å². The summed E-state index contributed by atoms with van der Waals surface area (Å²) in [6.07, 6.45) is 6.10. The first-order valence-corrected chi connectivity index (χ1v) is 8.04. The second-order valence-electron chi connectivity index (χ2n) is 5.59. The summed E-state index contributed by atoms with van der Waals surface area (Å²) in [6.45, 7) is 2.09. The van der Waals surface area contributed by atoms with Gasteiger partial charge in [0.2, 0.25) is 5.95 Å². The molecule has 1 aliphatic rings. The van der Waals surface area contributed by atoms with Gasteiger partial charge in [-0.25, -0.2) is 14.8 Å². The molecule has 0 bridgehead atoms. The number of hydrogen-bond donors (Lipinski definition) is 1. The molecule has 120 valence electrons. The minimum Gasteiger partial charge on any atom is -0.462 e. The van der Waals surface area contributed by atoms with Crippen LogP contribution in [0.4, 0.5) is 5.95 Å². The van der Waals surface area contributed by atoms with Gasteiger partial charge >= 0.3 is 5.97 Å². The predicted octanol–water partition coefficient (Wildman–Crippen LogP) is 3.80. The summed E-state index contributed by atoms with van der Waals surface area (Å²) >= 11 is 6.11. The van der Waals surface area contributed by atoms with Crippen LogP contribution in [0.1, 0.15) is 42.1 Å². The fourth-order valence-electron chi connectivity index (χ4n) is 2.73. The molecule has 1 N–H and O–H groups in total. The lowest BCUT2D eigenvalue weighted by Crippen LogP contribution is -2.42. The van der Waals surface area contributed by atoms with Crippen LogP contribution in [0.25, 0.3) is 0 Å². The SMILES string of the molecule is CCOC(=O)c1cnc(NC2(c3cccc(Cl)c3)CCC2)nc1. The van der Waals surface area contributed by atoms with Crippen LogP contribution in [0.2, 0.25) is 5.02 Å². The van der Waals surface area contributed by atoms with Crippen LogP contribution in [-0.4, -0.2) is 22.5 Å². The zero-order valence-corrected chi connectivity index (χ0v) is 13.6. The Labute approximate surface area is 140 Å². The Morgan fingerprint density at radius 1 is 1.35 bits per heavy atom. The van der Waals surface area contributed by atoms with Crippen molar-refractivity contribution >= 4 is 23.5 Å². The van der Waals surface area contributed by atoms with Crippen molar-refractivity contribution in [1.82, 2.24) is 9.97 Å². The van der Waals surface area contributed by atoms with Crippen LogP contribution in [-0.2, 0) is 10.3 Å². The third-order valence-electron chi connectivity index (χ3n) is 4.10. The van der Waals surface area contributed by atoms with Gasteiger partial charge in [-0.15, -0.1) is 0 Å². The van der Waals surface area contributed by atoms with E-state index in [4.69, 9.17) is 16.3 Å². The minimum absolute atomic E-state index is 0.184. The Hall–Kier alpha value is -2.14. The molecule has 0 unspecified atom stereocenters. The van der Waals surface area contributed by atoms with Crippen molar-refractivity contribution in [1.29, 1.82) is 0 Å². The van der Waals surface area contributed by atoms with Crippen LogP contribution in [0, 0.1) is 0 Å². The second kappa shape index (κ2) is 6.54. The summed E-state index contributed by atoms with van der Waals surface area (Å²) in [5.74, 6) is 0.0879. The van der Waals surface area contributed by atoms with Gasteiger partial charge in [0.1, 0.15) is 0 Å². The van der Waals surface area contributed by atoms with Crippen molar-refractivity contribution in [3.05, 3.63) is 52.8 Å². The van der Waals surface area contributed by atoms with Gasteiger partial charge in [0.15, 0.2) is 0 Å². The van der Waals surface area contributed by atoms with E-state index in [1.165, 1.54) is 12.4 Å². The highest BCUT2D eigenvalue weighted by molar-refractivity contribution is 6.30. The Morgan fingerprint density at radius 2 is 2.09 bits per heavy atom. The van der Waals surface area contributed by atoms with E-state index in [1.54, 1.807) is 6.92 Å². The van der Waals surface area contributed by atoms with E-state index in [1.807, 2.05) is 18.2 Å². The molecule has 1 saturated carbocycles. The van der Waals surface area contributed by atoms with Crippen molar-refractivity contribution in [2.75, 3.05) is 11.9 Å². The van der Waals surface area contributed by atoms with Crippen LogP contribution < -0.4 is 5.32 Å². The first-order chi connectivity index (χ1) is 11.1. The molecular formula is C17H18ClN3O2. The predicted molar refractivity (Wildman–Crippen MR) is 88.6 cm³/mol.